The summed E-state index contributed by atoms with van der Waals surface area (Å²) in [7, 11) is 0. The molecule has 0 bridgehead atoms. The van der Waals surface area contributed by atoms with E-state index in [4.69, 9.17) is 23.1 Å². The second kappa shape index (κ2) is 10.1. The Balaban J connectivity index is 1.49. The molecule has 0 aliphatic carbocycles. The molecule has 0 unspecified atom stereocenters. The molecule has 2 aromatic rings. The average Bonchev–Trinajstić information content (AvgIpc) is 3.10. The molecule has 7 nitrogen and oxygen atoms in total. The number of thiocarbonyl (C=S) groups is 1. The quantitative estimate of drug-likeness (QED) is 0.387. The summed E-state index contributed by atoms with van der Waals surface area (Å²) in [6, 6.07) is 18.4. The highest BCUT2D eigenvalue weighted by Crippen LogP contribution is 2.30. The monoisotopic (exact) mass is 465 g/mol. The molecule has 2 heterocycles. The molecule has 2 aliphatic rings. The fourth-order valence-electron chi connectivity index (χ4n) is 4.55. The van der Waals surface area contributed by atoms with E-state index in [9.17, 15) is 4.79 Å². The van der Waals surface area contributed by atoms with E-state index in [1.807, 2.05) is 43.0 Å². The van der Waals surface area contributed by atoms with Crippen molar-refractivity contribution in [2.24, 2.45) is 10.8 Å². The maximum atomic E-state index is 13.5. The molecule has 8 heteroatoms. The first-order valence-electron chi connectivity index (χ1n) is 11.6. The molecule has 2 N–H and O–H groups in total. The average molecular weight is 466 g/mol. The first-order chi connectivity index (χ1) is 16.0. The van der Waals surface area contributed by atoms with Gasteiger partial charge in [-0.25, -0.2) is 0 Å². The van der Waals surface area contributed by atoms with Gasteiger partial charge in [0.2, 0.25) is 0 Å². The molecule has 2 aromatic carbocycles. The molecule has 0 aromatic heterocycles. The van der Waals surface area contributed by atoms with Crippen molar-refractivity contribution in [3.05, 3.63) is 65.7 Å². The van der Waals surface area contributed by atoms with Crippen molar-refractivity contribution in [2.45, 2.75) is 20.4 Å². The Hall–Kier alpha value is -2.65. The van der Waals surface area contributed by atoms with E-state index in [2.05, 4.69) is 40.1 Å². The molecular weight excluding hydrogens is 432 g/mol. The van der Waals surface area contributed by atoms with Crippen LogP contribution in [0.5, 0.6) is 0 Å². The van der Waals surface area contributed by atoms with Gasteiger partial charge < -0.3 is 5.73 Å². The third-order valence-electron chi connectivity index (χ3n) is 6.70. The molecule has 0 spiro atoms. The van der Waals surface area contributed by atoms with Gasteiger partial charge in [0.15, 0.2) is 5.71 Å². The van der Waals surface area contributed by atoms with Crippen LogP contribution >= 0.6 is 12.2 Å². The smallest absolute Gasteiger partial charge is 0.294 e. The Labute approximate surface area is 201 Å². The van der Waals surface area contributed by atoms with E-state index < -0.39 is 0 Å². The first-order valence-corrected chi connectivity index (χ1v) is 12.1. The van der Waals surface area contributed by atoms with Gasteiger partial charge in [-0.3, -0.25) is 19.5 Å². The van der Waals surface area contributed by atoms with Crippen LogP contribution in [0.15, 0.2) is 59.7 Å². The van der Waals surface area contributed by atoms with Gasteiger partial charge in [0.25, 0.3) is 11.0 Å². The summed E-state index contributed by atoms with van der Waals surface area (Å²) in [4.78, 5) is 20.2. The number of benzene rings is 2. The number of piperazine rings is 1. The first kappa shape index (κ1) is 23.5. The fraction of sp³-hybridized carbons (Fsp3) is 0.400. The van der Waals surface area contributed by atoms with Gasteiger partial charge in [-0.1, -0.05) is 53.6 Å². The van der Waals surface area contributed by atoms with Gasteiger partial charge >= 0.3 is 0 Å². The zero-order valence-corrected chi connectivity index (χ0v) is 20.3. The van der Waals surface area contributed by atoms with Gasteiger partial charge in [0.1, 0.15) is 13.1 Å². The standard InChI is InChI=1S/C25H32N6OS/c1-3-31(4-2,25(26)33)27-23-21-12-8-9-13-22(21)30(24(23)32)19-29-16-14-28(15-17-29)18-20-10-6-5-7-11-20/h5-13H,3-4,14-19H2,1-2H3,(H-,26,33)/p+1/b27-23-. The number of fused-ring (bicyclic) bond motifs is 1. The van der Waals surface area contributed by atoms with Gasteiger partial charge in [0.05, 0.1) is 12.4 Å². The zero-order valence-electron chi connectivity index (χ0n) is 19.5. The largest absolute Gasteiger partial charge is 0.343 e. The lowest BCUT2D eigenvalue weighted by Gasteiger charge is -2.36. The van der Waals surface area contributed by atoms with Crippen molar-refractivity contribution in [3.63, 3.8) is 0 Å². The van der Waals surface area contributed by atoms with Crippen molar-refractivity contribution in [2.75, 3.05) is 50.8 Å². The van der Waals surface area contributed by atoms with Crippen LogP contribution in [0, 0.1) is 0 Å². The van der Waals surface area contributed by atoms with Crippen LogP contribution in [0.1, 0.15) is 25.0 Å². The summed E-state index contributed by atoms with van der Waals surface area (Å²) in [6.07, 6.45) is 0. The highest BCUT2D eigenvalue weighted by molar-refractivity contribution is 7.79. The number of nitrogens with two attached hydrogens (primary N) is 1. The van der Waals surface area contributed by atoms with Crippen LogP contribution in [-0.2, 0) is 11.3 Å². The predicted octanol–water partition coefficient (Wildman–Crippen LogP) is 2.61. The molecule has 1 amide bonds. The maximum absolute atomic E-state index is 13.5. The number of para-hydroxylation sites is 1. The number of carbonyl (C=O) groups excluding carboxylic acids is 1. The number of quaternary nitrogens is 1. The number of carbonyl (C=O) groups is 1. The number of hydrogen-bond acceptors (Lipinski definition) is 5. The Morgan fingerprint density at radius 3 is 2.21 bits per heavy atom. The molecular formula is C25H33N6OS+. The number of rotatable bonds is 7. The molecule has 1 saturated heterocycles. The highest BCUT2D eigenvalue weighted by atomic mass is 32.1. The Bertz CT molecular complexity index is 1030. The Morgan fingerprint density at radius 1 is 0.970 bits per heavy atom. The van der Waals surface area contributed by atoms with Gasteiger partial charge in [-0.15, -0.1) is 4.59 Å². The van der Waals surface area contributed by atoms with E-state index in [-0.39, 0.29) is 15.6 Å². The summed E-state index contributed by atoms with van der Waals surface area (Å²) < 4.78 is 0.0801. The van der Waals surface area contributed by atoms with Crippen LogP contribution in [0.4, 0.5) is 5.69 Å². The van der Waals surface area contributed by atoms with E-state index >= 15 is 0 Å². The molecule has 1 fully saturated rings. The van der Waals surface area contributed by atoms with Crippen LogP contribution < -0.4 is 10.6 Å². The van der Waals surface area contributed by atoms with E-state index in [1.54, 1.807) is 0 Å². The zero-order chi connectivity index (χ0) is 23.4. The summed E-state index contributed by atoms with van der Waals surface area (Å²) in [6.45, 7) is 10.5. The molecule has 33 heavy (non-hydrogen) atoms. The second-order valence-electron chi connectivity index (χ2n) is 8.61. The lowest BCUT2D eigenvalue weighted by atomic mass is 10.1. The van der Waals surface area contributed by atoms with E-state index in [0.717, 1.165) is 44.0 Å². The normalized spacial score (nSPS) is 18.7. The Kier molecular flexibility index (Phi) is 7.19. The van der Waals surface area contributed by atoms with Gasteiger partial charge in [0, 0.05) is 50.5 Å². The van der Waals surface area contributed by atoms with Gasteiger partial charge in [-0.05, 0) is 25.5 Å². The summed E-state index contributed by atoms with van der Waals surface area (Å²) in [5.41, 5.74) is 9.59. The molecule has 174 valence electrons. The molecule has 0 radical (unpaired) electrons. The molecule has 0 saturated carbocycles. The van der Waals surface area contributed by atoms with Crippen molar-refractivity contribution >= 4 is 34.6 Å². The van der Waals surface area contributed by atoms with Crippen molar-refractivity contribution in [3.8, 4) is 0 Å². The minimum Gasteiger partial charge on any atom is -0.343 e. The van der Waals surface area contributed by atoms with Crippen molar-refractivity contribution in [1.82, 2.24) is 9.80 Å². The number of anilines is 1. The van der Waals surface area contributed by atoms with Crippen LogP contribution in [0.3, 0.4) is 0 Å². The highest BCUT2D eigenvalue weighted by Gasteiger charge is 2.40. The predicted molar refractivity (Wildman–Crippen MR) is 137 cm³/mol. The SMILES string of the molecule is CC[N+](CC)(/N=C1\C(=O)N(CN2CCN(Cc3ccccc3)CC2)c2ccccc21)C(N)=S. The van der Waals surface area contributed by atoms with E-state index in [1.165, 1.54) is 5.56 Å². The number of hydrogen-bond donors (Lipinski definition) is 1. The lowest BCUT2D eigenvalue weighted by Crippen LogP contribution is -2.53. The topological polar surface area (TPSA) is 65.2 Å². The third kappa shape index (κ3) is 4.84. The minimum atomic E-state index is -0.0800. The van der Waals surface area contributed by atoms with Crippen LogP contribution in [-0.4, -0.2) is 77.1 Å². The van der Waals surface area contributed by atoms with Crippen LogP contribution in [0.25, 0.3) is 0 Å². The maximum Gasteiger partial charge on any atom is 0.294 e. The Morgan fingerprint density at radius 2 is 1.58 bits per heavy atom. The summed E-state index contributed by atoms with van der Waals surface area (Å²) in [5, 5.41) is 5.12. The summed E-state index contributed by atoms with van der Waals surface area (Å²) >= 11 is 5.32. The van der Waals surface area contributed by atoms with E-state index in [0.29, 0.717) is 25.5 Å². The number of nitrogens with zero attached hydrogens (tertiary/aromatic N) is 5. The summed E-state index contributed by atoms with van der Waals surface area (Å²) in [5.74, 6) is -0.0800. The number of amides is 1. The minimum absolute atomic E-state index is 0.0800. The molecule has 2 aliphatic heterocycles. The van der Waals surface area contributed by atoms with Crippen molar-refractivity contribution < 1.29 is 9.39 Å². The molecule has 0 atom stereocenters. The van der Waals surface area contributed by atoms with Crippen LogP contribution in [0.2, 0.25) is 0 Å². The molecule has 4 rings (SSSR count). The lowest BCUT2D eigenvalue weighted by molar-refractivity contribution is -0.843. The second-order valence-corrected chi connectivity index (χ2v) is 9.03. The third-order valence-corrected chi connectivity index (χ3v) is 7.04. The van der Waals surface area contributed by atoms with Crippen molar-refractivity contribution in [1.29, 1.82) is 0 Å². The fourth-order valence-corrected chi connectivity index (χ4v) is 4.85. The van der Waals surface area contributed by atoms with Gasteiger partial charge in [-0.2, -0.15) is 0 Å².